The van der Waals surface area contributed by atoms with Crippen LogP contribution in [0.5, 0.6) is 0 Å². The Morgan fingerprint density at radius 3 is 2.56 bits per heavy atom. The summed E-state index contributed by atoms with van der Waals surface area (Å²) < 4.78 is 0. The molecule has 1 rings (SSSR count). The van der Waals surface area contributed by atoms with E-state index in [0.29, 0.717) is 5.92 Å². The van der Waals surface area contributed by atoms with Crippen LogP contribution in [0.2, 0.25) is 0 Å². The topological polar surface area (TPSA) is 37.8 Å². The molecule has 0 aromatic carbocycles. The SMILES string of the molecule is CCCC(C)(C)Nc1cc(C(C)C)ncn1. The van der Waals surface area contributed by atoms with Crippen molar-refractivity contribution in [3.05, 3.63) is 18.1 Å². The van der Waals surface area contributed by atoms with E-state index in [-0.39, 0.29) is 5.54 Å². The minimum atomic E-state index is 0.0946. The minimum absolute atomic E-state index is 0.0946. The average Bonchev–Trinajstić information content (AvgIpc) is 2.17. The Bertz CT molecular complexity index is 332. The first-order chi connectivity index (χ1) is 7.44. The predicted molar refractivity (Wildman–Crippen MR) is 68.7 cm³/mol. The molecule has 1 aromatic rings. The van der Waals surface area contributed by atoms with Crippen molar-refractivity contribution in [3.8, 4) is 0 Å². The highest BCUT2D eigenvalue weighted by molar-refractivity contribution is 5.38. The van der Waals surface area contributed by atoms with E-state index in [0.717, 1.165) is 17.9 Å². The first kappa shape index (κ1) is 12.9. The van der Waals surface area contributed by atoms with Gasteiger partial charge in [0.15, 0.2) is 0 Å². The van der Waals surface area contributed by atoms with Crippen molar-refractivity contribution in [2.24, 2.45) is 0 Å². The van der Waals surface area contributed by atoms with E-state index in [1.54, 1.807) is 6.33 Å². The second-order valence-electron chi connectivity index (χ2n) is 5.24. The number of anilines is 1. The molecule has 16 heavy (non-hydrogen) atoms. The van der Waals surface area contributed by atoms with E-state index in [4.69, 9.17) is 0 Å². The van der Waals surface area contributed by atoms with Crippen LogP contribution in [-0.2, 0) is 0 Å². The standard InChI is InChI=1S/C13H23N3/c1-6-7-13(4,5)16-12-8-11(10(2)3)14-9-15-12/h8-10H,6-7H2,1-5H3,(H,14,15,16). The number of hydrogen-bond donors (Lipinski definition) is 1. The molecule has 0 aliphatic carbocycles. The number of aromatic nitrogens is 2. The number of rotatable bonds is 5. The molecule has 1 aromatic heterocycles. The molecule has 0 bridgehead atoms. The summed E-state index contributed by atoms with van der Waals surface area (Å²) in [5, 5.41) is 3.46. The predicted octanol–water partition coefficient (Wildman–Crippen LogP) is 3.59. The first-order valence-electron chi connectivity index (χ1n) is 6.04. The van der Waals surface area contributed by atoms with Crippen LogP contribution in [0.1, 0.15) is 59.1 Å². The van der Waals surface area contributed by atoms with Crippen molar-refractivity contribution in [3.63, 3.8) is 0 Å². The Hall–Kier alpha value is -1.12. The Balaban J connectivity index is 2.77. The van der Waals surface area contributed by atoms with Crippen molar-refractivity contribution in [1.29, 1.82) is 0 Å². The van der Waals surface area contributed by atoms with Gasteiger partial charge in [0.25, 0.3) is 0 Å². The normalized spacial score (nSPS) is 11.9. The molecule has 1 heterocycles. The van der Waals surface area contributed by atoms with Crippen LogP contribution in [0, 0.1) is 0 Å². The van der Waals surface area contributed by atoms with Crippen molar-refractivity contribution in [1.82, 2.24) is 9.97 Å². The molecule has 1 N–H and O–H groups in total. The van der Waals surface area contributed by atoms with Crippen molar-refractivity contribution < 1.29 is 0 Å². The quantitative estimate of drug-likeness (QED) is 0.825. The van der Waals surface area contributed by atoms with Gasteiger partial charge in [-0.15, -0.1) is 0 Å². The van der Waals surface area contributed by atoms with E-state index in [1.807, 2.05) is 6.07 Å². The molecule has 90 valence electrons. The average molecular weight is 221 g/mol. The number of hydrogen-bond acceptors (Lipinski definition) is 3. The zero-order chi connectivity index (χ0) is 12.2. The fourth-order valence-corrected chi connectivity index (χ4v) is 1.79. The summed E-state index contributed by atoms with van der Waals surface area (Å²) in [6.07, 6.45) is 3.94. The highest BCUT2D eigenvalue weighted by atomic mass is 15.1. The number of nitrogens with zero attached hydrogens (tertiary/aromatic N) is 2. The molecular weight excluding hydrogens is 198 g/mol. The van der Waals surface area contributed by atoms with E-state index < -0.39 is 0 Å². The zero-order valence-electron chi connectivity index (χ0n) is 11.0. The lowest BCUT2D eigenvalue weighted by Crippen LogP contribution is -2.31. The number of nitrogens with one attached hydrogen (secondary N) is 1. The summed E-state index contributed by atoms with van der Waals surface area (Å²) in [6, 6.07) is 2.04. The molecule has 0 amide bonds. The summed E-state index contributed by atoms with van der Waals surface area (Å²) in [6.45, 7) is 10.9. The lowest BCUT2D eigenvalue weighted by atomic mass is 9.99. The zero-order valence-corrected chi connectivity index (χ0v) is 11.0. The summed E-state index contributed by atoms with van der Waals surface area (Å²) >= 11 is 0. The van der Waals surface area contributed by atoms with Crippen LogP contribution in [-0.4, -0.2) is 15.5 Å². The molecule has 0 radical (unpaired) electrons. The first-order valence-corrected chi connectivity index (χ1v) is 6.04. The van der Waals surface area contributed by atoms with Crippen LogP contribution < -0.4 is 5.32 Å². The van der Waals surface area contributed by atoms with Gasteiger partial charge in [-0.25, -0.2) is 9.97 Å². The fraction of sp³-hybridized carbons (Fsp3) is 0.692. The van der Waals surface area contributed by atoms with Crippen LogP contribution in [0.15, 0.2) is 12.4 Å². The summed E-state index contributed by atoms with van der Waals surface area (Å²) in [5.41, 5.74) is 1.18. The third kappa shape index (κ3) is 3.80. The summed E-state index contributed by atoms with van der Waals surface area (Å²) in [5.74, 6) is 1.37. The van der Waals surface area contributed by atoms with Crippen LogP contribution in [0.3, 0.4) is 0 Å². The third-order valence-corrected chi connectivity index (χ3v) is 2.62. The molecule has 0 unspecified atom stereocenters. The molecule has 0 saturated carbocycles. The van der Waals surface area contributed by atoms with Crippen molar-refractivity contribution in [2.75, 3.05) is 5.32 Å². The monoisotopic (exact) mass is 221 g/mol. The lowest BCUT2D eigenvalue weighted by molar-refractivity contribution is 0.508. The van der Waals surface area contributed by atoms with Crippen LogP contribution >= 0.6 is 0 Å². The molecule has 0 fully saturated rings. The molecule has 0 aliphatic rings. The second-order valence-corrected chi connectivity index (χ2v) is 5.24. The summed E-state index contributed by atoms with van der Waals surface area (Å²) in [7, 11) is 0. The lowest BCUT2D eigenvalue weighted by Gasteiger charge is -2.26. The molecular formula is C13H23N3. The van der Waals surface area contributed by atoms with Gasteiger partial charge < -0.3 is 5.32 Å². The van der Waals surface area contributed by atoms with Gasteiger partial charge in [0.2, 0.25) is 0 Å². The fourth-order valence-electron chi connectivity index (χ4n) is 1.79. The maximum atomic E-state index is 4.27. The molecule has 0 saturated heterocycles. The van der Waals surface area contributed by atoms with Gasteiger partial charge in [-0.05, 0) is 26.2 Å². The van der Waals surface area contributed by atoms with Gasteiger partial charge in [-0.1, -0.05) is 27.2 Å². The van der Waals surface area contributed by atoms with E-state index >= 15 is 0 Å². The molecule has 3 nitrogen and oxygen atoms in total. The maximum Gasteiger partial charge on any atom is 0.130 e. The van der Waals surface area contributed by atoms with Crippen molar-refractivity contribution in [2.45, 2.75) is 58.9 Å². The highest BCUT2D eigenvalue weighted by Gasteiger charge is 2.16. The Morgan fingerprint density at radius 2 is 2.00 bits per heavy atom. The minimum Gasteiger partial charge on any atom is -0.365 e. The maximum absolute atomic E-state index is 4.27. The summed E-state index contributed by atoms with van der Waals surface area (Å²) in [4.78, 5) is 8.53. The molecule has 0 aliphatic heterocycles. The molecule has 0 spiro atoms. The largest absolute Gasteiger partial charge is 0.365 e. The van der Waals surface area contributed by atoms with Gasteiger partial charge in [0, 0.05) is 17.3 Å². The van der Waals surface area contributed by atoms with E-state index in [1.165, 1.54) is 6.42 Å². The van der Waals surface area contributed by atoms with Crippen molar-refractivity contribution >= 4 is 5.82 Å². The Morgan fingerprint density at radius 1 is 1.31 bits per heavy atom. The Kier molecular flexibility index (Phi) is 4.27. The smallest absolute Gasteiger partial charge is 0.130 e. The van der Waals surface area contributed by atoms with E-state index in [9.17, 15) is 0 Å². The van der Waals surface area contributed by atoms with Gasteiger partial charge in [-0.3, -0.25) is 0 Å². The highest BCUT2D eigenvalue weighted by Crippen LogP contribution is 2.20. The van der Waals surface area contributed by atoms with Gasteiger partial charge in [0.1, 0.15) is 12.1 Å². The third-order valence-electron chi connectivity index (χ3n) is 2.62. The van der Waals surface area contributed by atoms with Gasteiger partial charge >= 0.3 is 0 Å². The Labute approximate surface area is 98.7 Å². The van der Waals surface area contributed by atoms with Crippen LogP contribution in [0.25, 0.3) is 0 Å². The molecule has 3 heteroatoms. The molecule has 0 atom stereocenters. The second kappa shape index (κ2) is 5.28. The van der Waals surface area contributed by atoms with Crippen LogP contribution in [0.4, 0.5) is 5.82 Å². The van der Waals surface area contributed by atoms with Gasteiger partial charge in [0.05, 0.1) is 0 Å². The van der Waals surface area contributed by atoms with Gasteiger partial charge in [-0.2, -0.15) is 0 Å². The van der Waals surface area contributed by atoms with E-state index in [2.05, 4.69) is 49.9 Å².